The van der Waals surface area contributed by atoms with Crippen molar-refractivity contribution < 1.29 is 15.0 Å². The van der Waals surface area contributed by atoms with Crippen molar-refractivity contribution in [3.05, 3.63) is 24.3 Å². The summed E-state index contributed by atoms with van der Waals surface area (Å²) >= 11 is 0. The van der Waals surface area contributed by atoms with Crippen LogP contribution in [0.2, 0.25) is 0 Å². The number of anilines is 2. The molecule has 1 heterocycles. The van der Waals surface area contributed by atoms with Crippen molar-refractivity contribution in [2.24, 2.45) is 0 Å². The molecular formula is C16H25N3O3. The Hall–Kier alpha value is -1.79. The van der Waals surface area contributed by atoms with Gasteiger partial charge in [0.1, 0.15) is 0 Å². The van der Waals surface area contributed by atoms with Crippen LogP contribution >= 0.6 is 0 Å². The Morgan fingerprint density at radius 1 is 1.23 bits per heavy atom. The van der Waals surface area contributed by atoms with Crippen LogP contribution < -0.4 is 10.2 Å². The Bertz CT molecular complexity index is 478. The van der Waals surface area contributed by atoms with Crippen LogP contribution in [0.3, 0.4) is 0 Å². The fourth-order valence-corrected chi connectivity index (χ4v) is 2.58. The maximum Gasteiger partial charge on any atom is 0.219 e. The van der Waals surface area contributed by atoms with Crippen molar-refractivity contribution in [2.45, 2.75) is 19.4 Å². The number of carbonyl (C=O) groups is 1. The topological polar surface area (TPSA) is 76.0 Å². The monoisotopic (exact) mass is 307 g/mol. The lowest BCUT2D eigenvalue weighted by molar-refractivity contribution is -0.128. The second kappa shape index (κ2) is 8.00. The van der Waals surface area contributed by atoms with Crippen molar-refractivity contribution in [2.75, 3.05) is 49.5 Å². The molecule has 1 unspecified atom stereocenters. The Labute approximate surface area is 131 Å². The van der Waals surface area contributed by atoms with E-state index in [1.165, 1.54) is 0 Å². The lowest BCUT2D eigenvalue weighted by Crippen LogP contribution is -2.33. The maximum atomic E-state index is 11.5. The van der Waals surface area contributed by atoms with Crippen molar-refractivity contribution in [1.82, 2.24) is 4.90 Å². The predicted molar refractivity (Wildman–Crippen MR) is 87.1 cm³/mol. The summed E-state index contributed by atoms with van der Waals surface area (Å²) in [6, 6.07) is 8.01. The quantitative estimate of drug-likeness (QED) is 0.739. The molecule has 1 atom stereocenters. The molecule has 1 aromatic rings. The summed E-state index contributed by atoms with van der Waals surface area (Å²) in [6.45, 7) is 5.08. The fourth-order valence-electron chi connectivity index (χ4n) is 2.58. The zero-order valence-electron chi connectivity index (χ0n) is 13.0. The Balaban J connectivity index is 1.91. The van der Waals surface area contributed by atoms with E-state index in [2.05, 4.69) is 10.2 Å². The lowest BCUT2D eigenvalue weighted by Gasteiger charge is -2.23. The molecule has 6 heteroatoms. The summed E-state index contributed by atoms with van der Waals surface area (Å²) in [5.41, 5.74) is 2.05. The van der Waals surface area contributed by atoms with Crippen LogP contribution in [0, 0.1) is 0 Å². The fraction of sp³-hybridized carbons (Fsp3) is 0.562. The molecular weight excluding hydrogens is 282 g/mol. The van der Waals surface area contributed by atoms with Crippen LogP contribution in [0.25, 0.3) is 0 Å². The molecule has 0 aromatic heterocycles. The first-order chi connectivity index (χ1) is 10.6. The number of carbonyl (C=O) groups excluding carboxylic acids is 1. The minimum atomic E-state index is -0.747. The van der Waals surface area contributed by atoms with E-state index in [1.807, 2.05) is 29.2 Å². The van der Waals surface area contributed by atoms with Crippen molar-refractivity contribution in [1.29, 1.82) is 0 Å². The summed E-state index contributed by atoms with van der Waals surface area (Å²) in [4.78, 5) is 15.6. The molecule has 1 aliphatic heterocycles. The smallest absolute Gasteiger partial charge is 0.219 e. The van der Waals surface area contributed by atoms with Crippen LogP contribution in [-0.4, -0.2) is 66.5 Å². The van der Waals surface area contributed by atoms with Crippen LogP contribution in [0.4, 0.5) is 11.4 Å². The van der Waals surface area contributed by atoms with Gasteiger partial charge in [-0.2, -0.15) is 0 Å². The van der Waals surface area contributed by atoms with Gasteiger partial charge in [0.25, 0.3) is 0 Å². The van der Waals surface area contributed by atoms with Crippen molar-refractivity contribution in [3.8, 4) is 0 Å². The molecule has 0 saturated carbocycles. The minimum Gasteiger partial charge on any atom is -0.394 e. The zero-order chi connectivity index (χ0) is 15.9. The van der Waals surface area contributed by atoms with Crippen LogP contribution in [0.1, 0.15) is 13.3 Å². The normalized spacial score (nSPS) is 17.0. The standard InChI is InChI=1S/C16H25N3O3/c1-13(21)18-7-2-8-19(10-9-18)15-5-3-14(4-6-15)17-11-16(22)12-20/h3-6,16-17,20,22H,2,7-12H2,1H3. The first-order valence-corrected chi connectivity index (χ1v) is 7.73. The second-order valence-electron chi connectivity index (χ2n) is 5.61. The summed E-state index contributed by atoms with van der Waals surface area (Å²) in [5, 5.41) is 21.2. The molecule has 0 aliphatic carbocycles. The highest BCUT2D eigenvalue weighted by Gasteiger charge is 2.16. The van der Waals surface area contributed by atoms with Crippen LogP contribution in [-0.2, 0) is 4.79 Å². The molecule has 2 rings (SSSR count). The van der Waals surface area contributed by atoms with E-state index in [9.17, 15) is 9.90 Å². The van der Waals surface area contributed by atoms with Gasteiger partial charge in [0.2, 0.25) is 5.91 Å². The number of hydrogen-bond acceptors (Lipinski definition) is 5. The van der Waals surface area contributed by atoms with Gasteiger partial charge < -0.3 is 25.3 Å². The summed E-state index contributed by atoms with van der Waals surface area (Å²) in [5.74, 6) is 0.142. The molecule has 1 amide bonds. The van der Waals surface area contributed by atoms with Gasteiger partial charge in [-0.1, -0.05) is 0 Å². The first kappa shape index (κ1) is 16.6. The number of nitrogens with one attached hydrogen (secondary N) is 1. The number of aliphatic hydroxyl groups excluding tert-OH is 2. The molecule has 3 N–H and O–H groups in total. The van der Waals surface area contributed by atoms with Gasteiger partial charge in [0, 0.05) is 51.0 Å². The van der Waals surface area contributed by atoms with E-state index < -0.39 is 6.10 Å². The van der Waals surface area contributed by atoms with Gasteiger partial charge in [-0.25, -0.2) is 0 Å². The SMILES string of the molecule is CC(=O)N1CCCN(c2ccc(NCC(O)CO)cc2)CC1. The van der Waals surface area contributed by atoms with E-state index >= 15 is 0 Å². The summed E-state index contributed by atoms with van der Waals surface area (Å²) in [7, 11) is 0. The number of nitrogens with zero attached hydrogens (tertiary/aromatic N) is 2. The average Bonchev–Trinajstić information content (AvgIpc) is 2.79. The molecule has 1 saturated heterocycles. The first-order valence-electron chi connectivity index (χ1n) is 7.73. The summed E-state index contributed by atoms with van der Waals surface area (Å²) in [6.07, 6.45) is 0.227. The highest BCUT2D eigenvalue weighted by atomic mass is 16.3. The number of benzene rings is 1. The van der Waals surface area contributed by atoms with Crippen LogP contribution in [0.15, 0.2) is 24.3 Å². The number of amides is 1. The third kappa shape index (κ3) is 4.61. The van der Waals surface area contributed by atoms with Gasteiger partial charge in [-0.15, -0.1) is 0 Å². The predicted octanol–water partition coefficient (Wildman–Crippen LogP) is 0.510. The second-order valence-corrected chi connectivity index (χ2v) is 5.61. The van der Waals surface area contributed by atoms with Crippen LogP contribution in [0.5, 0.6) is 0 Å². The highest BCUT2D eigenvalue weighted by molar-refractivity contribution is 5.73. The highest BCUT2D eigenvalue weighted by Crippen LogP contribution is 2.19. The molecule has 0 spiro atoms. The largest absolute Gasteiger partial charge is 0.394 e. The number of hydrogen-bond donors (Lipinski definition) is 3. The van der Waals surface area contributed by atoms with E-state index in [1.54, 1.807) is 6.92 Å². The van der Waals surface area contributed by atoms with Gasteiger partial charge in [-0.05, 0) is 30.7 Å². The molecule has 1 aromatic carbocycles. The minimum absolute atomic E-state index is 0.142. The van der Waals surface area contributed by atoms with E-state index in [0.29, 0.717) is 6.54 Å². The summed E-state index contributed by atoms with van der Waals surface area (Å²) < 4.78 is 0. The molecule has 122 valence electrons. The molecule has 6 nitrogen and oxygen atoms in total. The zero-order valence-corrected chi connectivity index (χ0v) is 13.0. The molecule has 0 radical (unpaired) electrons. The average molecular weight is 307 g/mol. The number of aliphatic hydroxyl groups is 2. The van der Waals surface area contributed by atoms with Crippen molar-refractivity contribution in [3.63, 3.8) is 0 Å². The third-order valence-corrected chi connectivity index (χ3v) is 3.93. The van der Waals surface area contributed by atoms with Gasteiger partial charge in [0.05, 0.1) is 12.7 Å². The Morgan fingerprint density at radius 2 is 1.95 bits per heavy atom. The Morgan fingerprint density at radius 3 is 2.59 bits per heavy atom. The number of rotatable bonds is 5. The third-order valence-electron chi connectivity index (χ3n) is 3.93. The molecule has 0 bridgehead atoms. The van der Waals surface area contributed by atoms with Gasteiger partial charge in [0.15, 0.2) is 0 Å². The van der Waals surface area contributed by atoms with E-state index in [4.69, 9.17) is 5.11 Å². The van der Waals surface area contributed by atoms with E-state index in [0.717, 1.165) is 44.0 Å². The van der Waals surface area contributed by atoms with Gasteiger partial charge >= 0.3 is 0 Å². The molecule has 1 aliphatic rings. The molecule has 22 heavy (non-hydrogen) atoms. The van der Waals surface area contributed by atoms with E-state index in [-0.39, 0.29) is 12.5 Å². The lowest BCUT2D eigenvalue weighted by atomic mass is 10.2. The molecule has 1 fully saturated rings. The van der Waals surface area contributed by atoms with Gasteiger partial charge in [-0.3, -0.25) is 4.79 Å². The maximum absolute atomic E-state index is 11.5. The Kier molecular flexibility index (Phi) is 6.03. The van der Waals surface area contributed by atoms with Crippen molar-refractivity contribution >= 4 is 17.3 Å².